The molecule has 224 valence electrons. The molecule has 0 aliphatic carbocycles. The van der Waals surface area contributed by atoms with Crippen LogP contribution in [0.1, 0.15) is 52.6 Å². The van der Waals surface area contributed by atoms with Crippen molar-refractivity contribution in [3.05, 3.63) is 63.9 Å². The Morgan fingerprint density at radius 2 is 2.05 bits per heavy atom. The molecule has 5 rings (SSSR count). The number of rotatable bonds is 10. The van der Waals surface area contributed by atoms with E-state index in [1.165, 1.54) is 6.33 Å². The van der Waals surface area contributed by atoms with Gasteiger partial charge >= 0.3 is 0 Å². The molecule has 3 N–H and O–H groups in total. The quantitative estimate of drug-likeness (QED) is 0.319. The van der Waals surface area contributed by atoms with E-state index in [1.807, 2.05) is 24.0 Å². The second kappa shape index (κ2) is 13.5. The van der Waals surface area contributed by atoms with Gasteiger partial charge in [-0.3, -0.25) is 14.5 Å². The predicted molar refractivity (Wildman–Crippen MR) is 155 cm³/mol. The van der Waals surface area contributed by atoms with Gasteiger partial charge in [0, 0.05) is 58.3 Å². The van der Waals surface area contributed by atoms with E-state index in [4.69, 9.17) is 20.9 Å². The average Bonchev–Trinajstić information content (AvgIpc) is 3.40. The molecule has 42 heavy (non-hydrogen) atoms. The monoisotopic (exact) mass is 597 g/mol. The molecular weight excluding hydrogens is 562 g/mol. The van der Waals surface area contributed by atoms with Crippen molar-refractivity contribution in [3.63, 3.8) is 0 Å². The molecule has 12 nitrogen and oxygen atoms in total. The Labute approximate surface area is 249 Å². The van der Waals surface area contributed by atoms with Gasteiger partial charge in [0.15, 0.2) is 0 Å². The number of β-amino-alcohol motifs (C(OH)–C–C–N with tert-alkyl or cyclic N) is 1. The maximum atomic E-state index is 12.8. The highest BCUT2D eigenvalue weighted by Crippen LogP contribution is 2.34. The first-order valence-electron chi connectivity index (χ1n) is 14.1. The largest absolute Gasteiger partial charge is 0.487 e. The number of amides is 2. The number of ether oxygens (including phenoxy) is 1. The molecule has 2 aromatic heterocycles. The maximum Gasteiger partial charge on any atom is 0.270 e. The number of nitrogens with zero attached hydrogens (tertiary/aromatic N) is 5. The third kappa shape index (κ3) is 7.36. The Hall–Kier alpha value is -3.74. The number of hydrogen-bond donors (Lipinski definition) is 3. The summed E-state index contributed by atoms with van der Waals surface area (Å²) in [6, 6.07) is 5.64. The van der Waals surface area contributed by atoms with Crippen LogP contribution in [0.15, 0.2) is 35.3 Å². The fourth-order valence-corrected chi connectivity index (χ4v) is 5.63. The lowest BCUT2D eigenvalue weighted by atomic mass is 9.99. The lowest BCUT2D eigenvalue weighted by Gasteiger charge is -2.32. The Balaban J connectivity index is 1.08. The summed E-state index contributed by atoms with van der Waals surface area (Å²) in [6.07, 6.45) is 4.50. The molecule has 0 radical (unpaired) electrons. The van der Waals surface area contributed by atoms with Crippen molar-refractivity contribution in [1.29, 1.82) is 0 Å². The van der Waals surface area contributed by atoms with Gasteiger partial charge in [0.2, 0.25) is 5.91 Å². The van der Waals surface area contributed by atoms with Gasteiger partial charge in [-0.25, -0.2) is 9.97 Å². The summed E-state index contributed by atoms with van der Waals surface area (Å²) in [4.78, 5) is 36.6. The van der Waals surface area contributed by atoms with E-state index in [-0.39, 0.29) is 30.1 Å². The van der Waals surface area contributed by atoms with E-state index in [1.54, 1.807) is 19.3 Å². The Kier molecular flexibility index (Phi) is 9.55. The molecule has 1 atom stereocenters. The topological polar surface area (TPSA) is 146 Å². The van der Waals surface area contributed by atoms with Crippen molar-refractivity contribution in [1.82, 2.24) is 30.2 Å². The Morgan fingerprint density at radius 1 is 1.24 bits per heavy atom. The number of halogens is 1. The molecule has 2 amide bonds. The molecule has 0 saturated carbocycles. The molecule has 2 aliphatic heterocycles. The third-order valence-corrected chi connectivity index (χ3v) is 8.18. The average molecular weight is 598 g/mol. The number of likely N-dealkylation sites (tertiary alicyclic amines) is 1. The highest BCUT2D eigenvalue weighted by molar-refractivity contribution is 6.33. The third-order valence-electron chi connectivity index (χ3n) is 7.77. The second-order valence-corrected chi connectivity index (χ2v) is 11.2. The minimum Gasteiger partial charge on any atom is -0.487 e. The number of carbonyl (C=O) groups excluding carboxylic acids is 2. The van der Waals surface area contributed by atoms with E-state index in [2.05, 4.69) is 30.7 Å². The summed E-state index contributed by atoms with van der Waals surface area (Å²) >= 11 is 6.68. The van der Waals surface area contributed by atoms with Crippen molar-refractivity contribution < 1.29 is 24.0 Å². The van der Waals surface area contributed by atoms with Crippen LogP contribution in [0.4, 0.5) is 5.82 Å². The zero-order valence-electron chi connectivity index (χ0n) is 23.8. The predicted octanol–water partition coefficient (Wildman–Crippen LogP) is 2.58. The minimum absolute atomic E-state index is 0.0845. The molecule has 1 aromatic carbocycles. The standard InChI is InChI=1S/C29H36ClN7O5/c1-18-21(16-42-35-18)15-41-26-4-3-20-13-36(8-7-24(20)28(26)30)14-23(39)12-31-29(40)25-11-27(33-17-32-25)34-22-5-9-37(10-6-22)19(2)38/h3-4,11,16-17,22-23,39H,5-10,12-15H2,1-2H3,(H,31,40)(H,32,33,34)/t23-/m0/s1. The first kappa shape index (κ1) is 29.7. The fourth-order valence-electron chi connectivity index (χ4n) is 5.29. The summed E-state index contributed by atoms with van der Waals surface area (Å²) in [5, 5.41) is 21.3. The zero-order chi connectivity index (χ0) is 29.6. The number of anilines is 1. The number of carbonyl (C=O) groups is 2. The van der Waals surface area contributed by atoms with Crippen LogP contribution < -0.4 is 15.4 Å². The summed E-state index contributed by atoms with van der Waals surface area (Å²) in [5.41, 5.74) is 4.01. The molecule has 4 heterocycles. The smallest absolute Gasteiger partial charge is 0.270 e. The van der Waals surface area contributed by atoms with Crippen LogP contribution in [0.3, 0.4) is 0 Å². The summed E-state index contributed by atoms with van der Waals surface area (Å²) in [5.74, 6) is 0.885. The van der Waals surface area contributed by atoms with Gasteiger partial charge in [-0.15, -0.1) is 0 Å². The number of piperidine rings is 1. The van der Waals surface area contributed by atoms with Crippen LogP contribution in [-0.4, -0.2) is 86.7 Å². The molecule has 13 heteroatoms. The van der Waals surface area contributed by atoms with E-state index >= 15 is 0 Å². The molecule has 1 fully saturated rings. The van der Waals surface area contributed by atoms with Gasteiger partial charge in [0.05, 0.1) is 22.4 Å². The fraction of sp³-hybridized carbons (Fsp3) is 0.483. The minimum atomic E-state index is -0.758. The van der Waals surface area contributed by atoms with Crippen LogP contribution in [0.2, 0.25) is 5.02 Å². The van der Waals surface area contributed by atoms with E-state index in [0.717, 1.165) is 48.2 Å². The number of aryl methyl sites for hydroxylation is 1. The van der Waals surface area contributed by atoms with Crippen LogP contribution in [0.5, 0.6) is 5.75 Å². The van der Waals surface area contributed by atoms with E-state index < -0.39 is 6.10 Å². The van der Waals surface area contributed by atoms with Crippen molar-refractivity contribution >= 4 is 29.2 Å². The normalized spacial score (nSPS) is 16.5. The highest BCUT2D eigenvalue weighted by atomic mass is 35.5. The summed E-state index contributed by atoms with van der Waals surface area (Å²) in [6.45, 7) is 7.00. The summed E-state index contributed by atoms with van der Waals surface area (Å²) < 4.78 is 10.9. The van der Waals surface area contributed by atoms with Crippen molar-refractivity contribution in [2.24, 2.45) is 0 Å². The van der Waals surface area contributed by atoms with Gasteiger partial charge in [-0.05, 0) is 43.4 Å². The highest BCUT2D eigenvalue weighted by Gasteiger charge is 2.24. The van der Waals surface area contributed by atoms with E-state index in [0.29, 0.717) is 49.4 Å². The van der Waals surface area contributed by atoms with Gasteiger partial charge in [0.1, 0.15) is 36.5 Å². The molecule has 0 spiro atoms. The van der Waals surface area contributed by atoms with Gasteiger partial charge in [0.25, 0.3) is 5.91 Å². The van der Waals surface area contributed by atoms with Gasteiger partial charge in [-0.1, -0.05) is 22.8 Å². The second-order valence-electron chi connectivity index (χ2n) is 10.8. The van der Waals surface area contributed by atoms with Crippen LogP contribution in [0.25, 0.3) is 0 Å². The molecule has 1 saturated heterocycles. The lowest BCUT2D eigenvalue weighted by molar-refractivity contribution is -0.129. The van der Waals surface area contributed by atoms with Gasteiger partial charge < -0.3 is 29.9 Å². The van der Waals surface area contributed by atoms with Crippen LogP contribution in [0, 0.1) is 6.92 Å². The number of benzene rings is 1. The van der Waals surface area contributed by atoms with Crippen molar-refractivity contribution in [2.45, 2.75) is 58.4 Å². The molecule has 3 aromatic rings. The molecule has 0 bridgehead atoms. The SMILES string of the molecule is CC(=O)N1CCC(Nc2cc(C(=O)NC[C@H](O)CN3CCc4c(ccc(OCc5conc5C)c4Cl)C3)ncn2)CC1. The Morgan fingerprint density at radius 3 is 2.79 bits per heavy atom. The summed E-state index contributed by atoms with van der Waals surface area (Å²) in [7, 11) is 0. The zero-order valence-corrected chi connectivity index (χ0v) is 24.6. The molecular formula is C29H36ClN7O5. The number of aromatic nitrogens is 3. The molecule has 2 aliphatic rings. The van der Waals surface area contributed by atoms with E-state index in [9.17, 15) is 14.7 Å². The number of nitrogens with one attached hydrogen (secondary N) is 2. The molecule has 0 unspecified atom stereocenters. The first-order chi connectivity index (χ1) is 20.3. The number of aliphatic hydroxyl groups is 1. The number of fused-ring (bicyclic) bond motifs is 1. The van der Waals surface area contributed by atoms with Crippen LogP contribution in [-0.2, 0) is 24.4 Å². The first-order valence-corrected chi connectivity index (χ1v) is 14.5. The van der Waals surface area contributed by atoms with Crippen molar-refractivity contribution in [2.75, 3.05) is 38.0 Å². The lowest BCUT2D eigenvalue weighted by Crippen LogP contribution is -2.42. The Bertz CT molecular complexity index is 1410. The van der Waals surface area contributed by atoms with Gasteiger partial charge in [-0.2, -0.15) is 0 Å². The van der Waals surface area contributed by atoms with Crippen LogP contribution >= 0.6 is 11.6 Å². The van der Waals surface area contributed by atoms with Crippen molar-refractivity contribution in [3.8, 4) is 5.75 Å². The maximum absolute atomic E-state index is 12.8. The number of hydrogen-bond acceptors (Lipinski definition) is 10. The number of aliphatic hydroxyl groups excluding tert-OH is 1.